The summed E-state index contributed by atoms with van der Waals surface area (Å²) in [6.45, 7) is 0. The Balaban J connectivity index is -0.00000000562. The molecular weight excluding hydrogens is 594 g/mol. The van der Waals surface area contributed by atoms with Crippen LogP contribution >= 0.6 is 0 Å². The first-order valence-corrected chi connectivity index (χ1v) is 1.84. The SMILES string of the molecule is O.O.O.O.O.O.O=C([O-])[O-].O=C([O-])[O-].O=C([O-])[O-].[Tb+3].[Tb+3]. The Morgan fingerprint density at radius 3 is 0.400 bits per heavy atom. The van der Waals surface area contributed by atoms with Gasteiger partial charge in [0.05, 0.1) is 0 Å². The predicted molar refractivity (Wildman–Crippen MR) is 37.9 cm³/mol. The topological polar surface area (TPSA) is 379 Å². The van der Waals surface area contributed by atoms with Crippen molar-refractivity contribution in [2.75, 3.05) is 0 Å². The van der Waals surface area contributed by atoms with E-state index in [4.69, 9.17) is 45.0 Å². The first-order valence-electron chi connectivity index (χ1n) is 1.84. The standard InChI is InChI=1S/3CH2O3.6H2O.2Tb/c3*2-1(3)4;;;;;;;;/h3*(H2,2,3,4);6*1H2;;/q;;;;;;;;;2*+3/p-6. The maximum Gasteiger partial charge on any atom is 3.00 e. The predicted octanol–water partition coefficient (Wildman–Crippen LogP) is -12.3. The average molecular weight is 606 g/mol. The molecule has 132 valence electrons. The van der Waals surface area contributed by atoms with E-state index in [2.05, 4.69) is 0 Å². The molecule has 0 rings (SSSR count). The maximum absolute atomic E-state index is 8.33. The molecule has 0 aromatic carbocycles. The van der Waals surface area contributed by atoms with Crippen LogP contribution in [0, 0.1) is 77.2 Å². The summed E-state index contributed by atoms with van der Waals surface area (Å²) in [6.07, 6.45) is -7.00. The van der Waals surface area contributed by atoms with E-state index in [-0.39, 0.29) is 110 Å². The maximum atomic E-state index is 8.33. The number of rotatable bonds is 0. The fourth-order valence-corrected chi connectivity index (χ4v) is 0. The molecule has 12 N–H and O–H groups in total. The molecular formula is C3H12O15Tb2. The van der Waals surface area contributed by atoms with Crippen molar-refractivity contribution >= 4 is 18.5 Å². The Kier molecular flexibility index (Phi) is 333. The normalized spacial score (nSPS) is 3.60. The number of carboxylic acid groups (broad SMARTS) is 6. The molecule has 15 nitrogen and oxygen atoms in total. The first-order chi connectivity index (χ1) is 5.20. The van der Waals surface area contributed by atoms with Crippen LogP contribution in [0.2, 0.25) is 0 Å². The summed E-state index contributed by atoms with van der Waals surface area (Å²) in [5.41, 5.74) is 0. The van der Waals surface area contributed by atoms with Crippen molar-refractivity contribution in [1.82, 2.24) is 0 Å². The fourth-order valence-electron chi connectivity index (χ4n) is 0. The van der Waals surface area contributed by atoms with Crippen LogP contribution in [-0.2, 0) is 0 Å². The van der Waals surface area contributed by atoms with Crippen LogP contribution in [0.25, 0.3) is 0 Å². The molecule has 17 heteroatoms. The van der Waals surface area contributed by atoms with E-state index in [1.54, 1.807) is 0 Å². The van der Waals surface area contributed by atoms with Gasteiger partial charge in [-0.15, -0.1) is 0 Å². The van der Waals surface area contributed by atoms with Gasteiger partial charge in [-0.25, -0.2) is 0 Å². The van der Waals surface area contributed by atoms with Crippen molar-refractivity contribution in [3.8, 4) is 0 Å². The van der Waals surface area contributed by atoms with Gasteiger partial charge in [-0.3, -0.25) is 0 Å². The van der Waals surface area contributed by atoms with Crippen LogP contribution < -0.4 is 30.6 Å². The van der Waals surface area contributed by atoms with Crippen LogP contribution in [0.5, 0.6) is 0 Å². The third-order valence-corrected chi connectivity index (χ3v) is 0. The molecule has 20 heavy (non-hydrogen) atoms. The Morgan fingerprint density at radius 2 is 0.400 bits per heavy atom. The van der Waals surface area contributed by atoms with Gasteiger partial charge in [0.15, 0.2) is 0 Å². The van der Waals surface area contributed by atoms with Crippen LogP contribution in [0.15, 0.2) is 0 Å². The summed E-state index contributed by atoms with van der Waals surface area (Å²) in [5.74, 6) is 0. The smallest absolute Gasteiger partial charge is 0.652 e. The van der Waals surface area contributed by atoms with Gasteiger partial charge in [-0.2, -0.15) is 0 Å². The van der Waals surface area contributed by atoms with Crippen molar-refractivity contribution in [1.29, 1.82) is 0 Å². The molecule has 0 saturated carbocycles. The van der Waals surface area contributed by atoms with Gasteiger partial charge in [-0.1, -0.05) is 0 Å². The number of carbonyl (C=O) groups excluding carboxylic acids is 3. The molecule has 0 amide bonds. The quantitative estimate of drug-likeness (QED) is 0.252. The zero-order valence-electron chi connectivity index (χ0n) is 8.84. The van der Waals surface area contributed by atoms with Gasteiger partial charge in [0.2, 0.25) is 0 Å². The van der Waals surface area contributed by atoms with Crippen molar-refractivity contribution in [3.63, 3.8) is 0 Å². The molecule has 0 aromatic rings. The molecule has 0 atom stereocenters. The summed E-state index contributed by atoms with van der Waals surface area (Å²) < 4.78 is 0. The molecule has 0 fully saturated rings. The molecule has 0 bridgehead atoms. The number of carbonyl (C=O) groups is 3. The minimum absolute atomic E-state index is 0. The second kappa shape index (κ2) is 75.4. The largest absolute Gasteiger partial charge is 3.00 e. The summed E-state index contributed by atoms with van der Waals surface area (Å²) in [5, 5.41) is 50.0. The molecule has 0 heterocycles. The summed E-state index contributed by atoms with van der Waals surface area (Å²) in [6, 6.07) is 0. The van der Waals surface area contributed by atoms with Crippen LogP contribution in [0.3, 0.4) is 0 Å². The third kappa shape index (κ3) is 266000. The van der Waals surface area contributed by atoms with Crippen molar-refractivity contribution in [3.05, 3.63) is 0 Å². The zero-order valence-corrected chi connectivity index (χ0v) is 13.1. The number of hydrogen-bond acceptors (Lipinski definition) is 9. The van der Waals surface area contributed by atoms with E-state index < -0.39 is 18.5 Å². The van der Waals surface area contributed by atoms with Crippen LogP contribution in [0.1, 0.15) is 0 Å². The summed E-state index contributed by atoms with van der Waals surface area (Å²) in [7, 11) is 0. The Labute approximate surface area is 171 Å². The first kappa shape index (κ1) is 88.3. The van der Waals surface area contributed by atoms with Gasteiger partial charge in [0.25, 0.3) is 0 Å². The third-order valence-electron chi connectivity index (χ3n) is 0. The van der Waals surface area contributed by atoms with E-state index in [1.165, 1.54) is 0 Å². The molecule has 0 saturated heterocycles. The monoisotopic (exact) mass is 606 g/mol. The second-order valence-corrected chi connectivity index (χ2v) is 0.750. The van der Waals surface area contributed by atoms with Gasteiger partial charge >= 0.3 is 77.2 Å². The molecule has 0 spiro atoms. The van der Waals surface area contributed by atoms with Crippen molar-refractivity contribution < 1.29 is 155 Å². The summed E-state index contributed by atoms with van der Waals surface area (Å²) in [4.78, 5) is 25.0. The van der Waals surface area contributed by atoms with E-state index in [1.807, 2.05) is 0 Å². The van der Waals surface area contributed by atoms with Gasteiger partial charge in [0.1, 0.15) is 0 Å². The van der Waals surface area contributed by atoms with Gasteiger partial charge in [-0.05, 0) is 18.5 Å². The number of hydrogen-bond donors (Lipinski definition) is 0. The summed E-state index contributed by atoms with van der Waals surface area (Å²) >= 11 is 0. The van der Waals surface area contributed by atoms with Crippen LogP contribution in [0.4, 0.5) is 14.4 Å². The Morgan fingerprint density at radius 1 is 0.400 bits per heavy atom. The Bertz CT molecular complexity index is 119. The van der Waals surface area contributed by atoms with Crippen molar-refractivity contribution in [2.45, 2.75) is 0 Å². The minimum atomic E-state index is -2.33. The minimum Gasteiger partial charge on any atom is -0.652 e. The molecule has 0 aliphatic heterocycles. The molecule has 0 unspecified atom stereocenters. The van der Waals surface area contributed by atoms with E-state index in [9.17, 15) is 0 Å². The van der Waals surface area contributed by atoms with Gasteiger partial charge in [0, 0.05) is 0 Å². The van der Waals surface area contributed by atoms with Crippen molar-refractivity contribution in [2.24, 2.45) is 0 Å². The molecule has 0 aliphatic carbocycles. The van der Waals surface area contributed by atoms with E-state index >= 15 is 0 Å². The second-order valence-electron chi connectivity index (χ2n) is 0.750. The molecule has 0 aromatic heterocycles. The van der Waals surface area contributed by atoms with Crippen LogP contribution in [-0.4, -0.2) is 51.3 Å². The fraction of sp³-hybridized carbons (Fsp3) is 0. The van der Waals surface area contributed by atoms with E-state index in [0.29, 0.717) is 0 Å². The molecule has 0 radical (unpaired) electrons. The molecule has 0 aliphatic rings. The zero-order chi connectivity index (χ0) is 10.7. The van der Waals surface area contributed by atoms with Gasteiger partial charge < -0.3 is 77.9 Å². The Hall–Kier alpha value is 0.141. The average Bonchev–Trinajstić information content (AvgIpc) is 1.54. The van der Waals surface area contributed by atoms with E-state index in [0.717, 1.165) is 0 Å².